The lowest BCUT2D eigenvalue weighted by Gasteiger charge is -2.16. The first kappa shape index (κ1) is 19.8. The molecule has 8 heteroatoms. The van der Waals surface area contributed by atoms with Crippen molar-refractivity contribution in [3.05, 3.63) is 59.4 Å². The fourth-order valence-corrected chi connectivity index (χ4v) is 3.11. The van der Waals surface area contributed by atoms with Gasteiger partial charge in [0.15, 0.2) is 0 Å². The van der Waals surface area contributed by atoms with Gasteiger partial charge in [0.2, 0.25) is 17.7 Å². The SMILES string of the molecule is O=C(CCNC(=O)C1CC(=O)N(c2ccc(Cl)cc2)C1)NCc1ccncc1. The maximum atomic E-state index is 12.3. The van der Waals surface area contributed by atoms with Crippen LogP contribution >= 0.6 is 11.6 Å². The van der Waals surface area contributed by atoms with E-state index in [1.54, 1.807) is 41.6 Å². The van der Waals surface area contributed by atoms with E-state index < -0.39 is 5.92 Å². The van der Waals surface area contributed by atoms with Crippen molar-refractivity contribution in [2.75, 3.05) is 18.0 Å². The van der Waals surface area contributed by atoms with E-state index in [0.29, 0.717) is 18.1 Å². The van der Waals surface area contributed by atoms with Gasteiger partial charge in [-0.1, -0.05) is 11.6 Å². The molecule has 1 aromatic heterocycles. The molecule has 2 N–H and O–H groups in total. The number of carbonyl (C=O) groups is 3. The molecule has 0 bridgehead atoms. The van der Waals surface area contributed by atoms with Crippen LogP contribution in [-0.2, 0) is 20.9 Å². The molecule has 0 radical (unpaired) electrons. The van der Waals surface area contributed by atoms with Crippen molar-refractivity contribution in [3.63, 3.8) is 0 Å². The molecule has 1 aliphatic rings. The Hall–Kier alpha value is -2.93. The lowest BCUT2D eigenvalue weighted by Crippen LogP contribution is -2.35. The number of benzene rings is 1. The Morgan fingerprint density at radius 3 is 2.54 bits per heavy atom. The van der Waals surface area contributed by atoms with Crippen molar-refractivity contribution in [3.8, 4) is 0 Å². The second-order valence-electron chi connectivity index (χ2n) is 6.56. The molecule has 1 aromatic carbocycles. The predicted molar refractivity (Wildman–Crippen MR) is 106 cm³/mol. The van der Waals surface area contributed by atoms with Crippen LogP contribution in [-0.4, -0.2) is 35.8 Å². The average Bonchev–Trinajstić information content (AvgIpc) is 3.09. The highest BCUT2D eigenvalue weighted by Gasteiger charge is 2.34. The molecule has 0 spiro atoms. The first-order chi connectivity index (χ1) is 13.5. The second-order valence-corrected chi connectivity index (χ2v) is 6.99. The van der Waals surface area contributed by atoms with Crippen molar-refractivity contribution >= 4 is 35.0 Å². The van der Waals surface area contributed by atoms with Crippen molar-refractivity contribution in [1.82, 2.24) is 15.6 Å². The first-order valence-corrected chi connectivity index (χ1v) is 9.40. The zero-order valence-corrected chi connectivity index (χ0v) is 16.0. The Morgan fingerprint density at radius 1 is 1.11 bits per heavy atom. The number of halogens is 1. The highest BCUT2D eigenvalue weighted by molar-refractivity contribution is 6.30. The molecule has 2 heterocycles. The molecule has 3 amide bonds. The minimum Gasteiger partial charge on any atom is -0.355 e. The first-order valence-electron chi connectivity index (χ1n) is 9.02. The summed E-state index contributed by atoms with van der Waals surface area (Å²) in [5.74, 6) is -0.894. The average molecular weight is 401 g/mol. The van der Waals surface area contributed by atoms with Crippen LogP contribution in [0.2, 0.25) is 5.02 Å². The molecule has 0 aliphatic carbocycles. The van der Waals surface area contributed by atoms with Gasteiger partial charge in [0.05, 0.1) is 5.92 Å². The number of hydrogen-bond donors (Lipinski definition) is 2. The highest BCUT2D eigenvalue weighted by Crippen LogP contribution is 2.26. The fourth-order valence-electron chi connectivity index (χ4n) is 2.99. The maximum absolute atomic E-state index is 12.3. The summed E-state index contributed by atoms with van der Waals surface area (Å²) in [5.41, 5.74) is 1.68. The highest BCUT2D eigenvalue weighted by atomic mass is 35.5. The van der Waals surface area contributed by atoms with E-state index in [-0.39, 0.29) is 37.1 Å². The van der Waals surface area contributed by atoms with Crippen LogP contribution in [0, 0.1) is 5.92 Å². The van der Waals surface area contributed by atoms with E-state index in [1.165, 1.54) is 0 Å². The van der Waals surface area contributed by atoms with E-state index in [0.717, 1.165) is 11.3 Å². The van der Waals surface area contributed by atoms with Crippen molar-refractivity contribution in [2.24, 2.45) is 5.92 Å². The van der Waals surface area contributed by atoms with Gasteiger partial charge in [-0.05, 0) is 42.0 Å². The molecule has 1 aliphatic heterocycles. The van der Waals surface area contributed by atoms with Gasteiger partial charge in [-0.15, -0.1) is 0 Å². The van der Waals surface area contributed by atoms with Gasteiger partial charge in [0.25, 0.3) is 0 Å². The van der Waals surface area contributed by atoms with Gasteiger partial charge in [0.1, 0.15) is 0 Å². The van der Waals surface area contributed by atoms with E-state index in [1.807, 2.05) is 12.1 Å². The van der Waals surface area contributed by atoms with Gasteiger partial charge in [0, 0.05) is 55.6 Å². The fraction of sp³-hybridized carbons (Fsp3) is 0.300. The van der Waals surface area contributed by atoms with Crippen molar-refractivity contribution in [1.29, 1.82) is 0 Å². The van der Waals surface area contributed by atoms with Crippen LogP contribution in [0.1, 0.15) is 18.4 Å². The summed E-state index contributed by atoms with van der Waals surface area (Å²) in [6, 6.07) is 10.6. The molecular weight excluding hydrogens is 380 g/mol. The Kier molecular flexibility index (Phi) is 6.60. The normalized spacial score (nSPS) is 16.1. The summed E-state index contributed by atoms with van der Waals surface area (Å²) in [6.07, 6.45) is 3.66. The van der Waals surface area contributed by atoms with Crippen molar-refractivity contribution < 1.29 is 14.4 Å². The maximum Gasteiger partial charge on any atom is 0.227 e. The second kappa shape index (κ2) is 9.32. The summed E-state index contributed by atoms with van der Waals surface area (Å²) < 4.78 is 0. The van der Waals surface area contributed by atoms with Crippen LogP contribution in [0.25, 0.3) is 0 Å². The summed E-state index contributed by atoms with van der Waals surface area (Å²) in [7, 11) is 0. The van der Waals surface area contributed by atoms with E-state index in [2.05, 4.69) is 15.6 Å². The third-order valence-corrected chi connectivity index (χ3v) is 4.78. The van der Waals surface area contributed by atoms with E-state index in [9.17, 15) is 14.4 Å². The van der Waals surface area contributed by atoms with Gasteiger partial charge in [-0.2, -0.15) is 0 Å². The predicted octanol–water partition coefficient (Wildman–Crippen LogP) is 1.91. The van der Waals surface area contributed by atoms with Crippen molar-refractivity contribution in [2.45, 2.75) is 19.4 Å². The molecule has 7 nitrogen and oxygen atoms in total. The Labute approximate surface area is 168 Å². The minimum atomic E-state index is -0.428. The van der Waals surface area contributed by atoms with Gasteiger partial charge in [-0.25, -0.2) is 0 Å². The van der Waals surface area contributed by atoms with Crippen LogP contribution in [0.15, 0.2) is 48.8 Å². The van der Waals surface area contributed by atoms with Crippen LogP contribution in [0.3, 0.4) is 0 Å². The molecule has 146 valence electrons. The third-order valence-electron chi connectivity index (χ3n) is 4.52. The third kappa shape index (κ3) is 5.29. The number of anilines is 1. The number of hydrogen-bond acceptors (Lipinski definition) is 4. The molecule has 1 fully saturated rings. The number of pyridine rings is 1. The summed E-state index contributed by atoms with van der Waals surface area (Å²) in [5, 5.41) is 6.13. The van der Waals surface area contributed by atoms with Crippen LogP contribution < -0.4 is 15.5 Å². The Bertz CT molecular complexity index is 842. The van der Waals surface area contributed by atoms with Crippen LogP contribution in [0.5, 0.6) is 0 Å². The number of rotatable bonds is 7. The topological polar surface area (TPSA) is 91.4 Å². The number of nitrogens with one attached hydrogen (secondary N) is 2. The monoisotopic (exact) mass is 400 g/mol. The molecule has 28 heavy (non-hydrogen) atoms. The number of nitrogens with zero attached hydrogens (tertiary/aromatic N) is 2. The molecule has 1 unspecified atom stereocenters. The molecule has 2 aromatic rings. The summed E-state index contributed by atoms with van der Waals surface area (Å²) in [4.78, 5) is 41.9. The largest absolute Gasteiger partial charge is 0.355 e. The summed E-state index contributed by atoms with van der Waals surface area (Å²) >= 11 is 5.87. The summed E-state index contributed by atoms with van der Waals surface area (Å²) in [6.45, 7) is 0.968. The van der Waals surface area contributed by atoms with Gasteiger partial charge >= 0.3 is 0 Å². The number of amides is 3. The lowest BCUT2D eigenvalue weighted by atomic mass is 10.1. The standard InChI is InChI=1S/C20H21ClN4O3/c21-16-1-3-17(4-2-16)25-13-15(11-19(25)27)20(28)23-10-7-18(26)24-12-14-5-8-22-9-6-14/h1-6,8-9,15H,7,10-13H2,(H,23,28)(H,24,26). The van der Waals surface area contributed by atoms with E-state index in [4.69, 9.17) is 11.6 Å². The number of aromatic nitrogens is 1. The zero-order valence-electron chi connectivity index (χ0n) is 15.2. The molecule has 0 saturated carbocycles. The quantitative estimate of drug-likeness (QED) is 0.742. The lowest BCUT2D eigenvalue weighted by molar-refractivity contribution is -0.126. The minimum absolute atomic E-state index is 0.0995. The molecule has 1 saturated heterocycles. The molecule has 1 atom stereocenters. The van der Waals surface area contributed by atoms with E-state index >= 15 is 0 Å². The molecule has 3 rings (SSSR count). The number of carbonyl (C=O) groups excluding carboxylic acids is 3. The van der Waals surface area contributed by atoms with Crippen LogP contribution in [0.4, 0.5) is 5.69 Å². The van der Waals surface area contributed by atoms with Gasteiger partial charge < -0.3 is 15.5 Å². The molecular formula is C20H21ClN4O3. The Morgan fingerprint density at radius 2 is 1.82 bits per heavy atom. The zero-order chi connectivity index (χ0) is 19.9. The smallest absolute Gasteiger partial charge is 0.227 e. The van der Waals surface area contributed by atoms with Gasteiger partial charge in [-0.3, -0.25) is 19.4 Å². The Balaban J connectivity index is 1.41.